The predicted molar refractivity (Wildman–Crippen MR) is 179 cm³/mol. The number of fused-ring (bicyclic) bond motifs is 4. The lowest BCUT2D eigenvalue weighted by atomic mass is 9.83. The third-order valence-electron chi connectivity index (χ3n) is 8.53. The summed E-state index contributed by atoms with van der Waals surface area (Å²) in [5.74, 6) is 0.730. The molecule has 0 saturated carbocycles. The molecule has 0 amide bonds. The molecule has 0 bridgehead atoms. The Bertz CT molecular complexity index is 2280. The number of benzene rings is 5. The molecule has 0 radical (unpaired) electrons. The smallest absolute Gasteiger partial charge is 0.271 e. The molecule has 1 atom stereocenters. The van der Waals surface area contributed by atoms with Gasteiger partial charge in [-0.2, -0.15) is 0 Å². The van der Waals surface area contributed by atoms with Gasteiger partial charge in [0.25, 0.3) is 5.56 Å². The molecule has 1 aromatic heterocycles. The van der Waals surface area contributed by atoms with Crippen molar-refractivity contribution in [1.82, 2.24) is 4.57 Å². The molecular weight excluding hydrogens is 584 g/mol. The lowest BCUT2D eigenvalue weighted by Crippen LogP contribution is -2.38. The lowest BCUT2D eigenvalue weighted by molar-refractivity contribution is 0.307. The van der Waals surface area contributed by atoms with E-state index in [4.69, 9.17) is 21.3 Å². The monoisotopic (exact) mass is 610 g/mol. The molecule has 2 aliphatic rings. The zero-order chi connectivity index (χ0) is 29.6. The number of hydrogen-bond donors (Lipinski definition) is 0. The highest BCUT2D eigenvalue weighted by molar-refractivity contribution is 7.07. The normalized spacial score (nSPS) is 15.8. The van der Waals surface area contributed by atoms with E-state index >= 15 is 0 Å². The number of aromatic nitrogens is 1. The van der Waals surface area contributed by atoms with Gasteiger partial charge in [0.1, 0.15) is 12.4 Å². The van der Waals surface area contributed by atoms with Crippen molar-refractivity contribution in [2.24, 2.45) is 4.99 Å². The van der Waals surface area contributed by atoms with Crippen molar-refractivity contribution in [1.29, 1.82) is 0 Å². The minimum Gasteiger partial charge on any atom is -0.488 e. The number of halogens is 1. The van der Waals surface area contributed by atoms with Crippen molar-refractivity contribution >= 4 is 45.5 Å². The molecule has 1 aliphatic heterocycles. The van der Waals surface area contributed by atoms with Crippen LogP contribution in [0.2, 0.25) is 5.02 Å². The molecule has 0 spiro atoms. The van der Waals surface area contributed by atoms with Gasteiger partial charge in [0.2, 0.25) is 0 Å². The van der Waals surface area contributed by atoms with Crippen molar-refractivity contribution in [2.45, 2.75) is 25.5 Å². The number of ether oxygens (including phenoxy) is 1. The summed E-state index contributed by atoms with van der Waals surface area (Å²) in [6, 6.07) is 38.5. The molecule has 8 rings (SSSR count). The summed E-state index contributed by atoms with van der Waals surface area (Å²) >= 11 is 7.70. The van der Waals surface area contributed by atoms with E-state index in [1.54, 1.807) is 0 Å². The van der Waals surface area contributed by atoms with Gasteiger partial charge in [0.15, 0.2) is 4.80 Å². The fourth-order valence-electron chi connectivity index (χ4n) is 6.41. The Kier molecular flexibility index (Phi) is 6.78. The average Bonchev–Trinajstić information content (AvgIpc) is 3.37. The highest BCUT2D eigenvalue weighted by atomic mass is 35.5. The van der Waals surface area contributed by atoms with Gasteiger partial charge in [0, 0.05) is 16.1 Å². The van der Waals surface area contributed by atoms with E-state index in [0.717, 1.165) is 46.5 Å². The Hall–Kier alpha value is -4.71. The van der Waals surface area contributed by atoms with E-state index in [-0.39, 0.29) is 11.6 Å². The first-order valence-electron chi connectivity index (χ1n) is 14.7. The van der Waals surface area contributed by atoms with Gasteiger partial charge < -0.3 is 4.74 Å². The molecule has 2 heterocycles. The summed E-state index contributed by atoms with van der Waals surface area (Å²) in [5, 5.41) is 3.03. The van der Waals surface area contributed by atoms with Crippen LogP contribution in [0.3, 0.4) is 0 Å². The number of rotatable bonds is 5. The number of hydrogen-bond acceptors (Lipinski definition) is 4. The van der Waals surface area contributed by atoms with Crippen LogP contribution in [0.1, 0.15) is 40.3 Å². The summed E-state index contributed by atoms with van der Waals surface area (Å²) < 4.78 is 8.87. The van der Waals surface area contributed by atoms with Gasteiger partial charge in [-0.25, -0.2) is 4.99 Å². The molecule has 0 fully saturated rings. The third-order valence-corrected chi connectivity index (χ3v) is 9.76. The van der Waals surface area contributed by atoms with Crippen molar-refractivity contribution in [2.75, 3.05) is 0 Å². The van der Waals surface area contributed by atoms with Crippen LogP contribution in [0.15, 0.2) is 131 Å². The highest BCUT2D eigenvalue weighted by Crippen LogP contribution is 2.41. The topological polar surface area (TPSA) is 43.6 Å². The van der Waals surface area contributed by atoms with Crippen LogP contribution >= 0.6 is 22.9 Å². The number of nitrogens with zero attached hydrogens (tertiary/aromatic N) is 2. The van der Waals surface area contributed by atoms with Crippen LogP contribution in [0, 0.1) is 0 Å². The van der Waals surface area contributed by atoms with E-state index in [1.807, 2.05) is 71.3 Å². The fourth-order valence-corrected chi connectivity index (χ4v) is 7.53. The zero-order valence-corrected chi connectivity index (χ0v) is 25.3. The van der Waals surface area contributed by atoms with Crippen LogP contribution in [-0.2, 0) is 13.0 Å². The quantitative estimate of drug-likeness (QED) is 0.201. The van der Waals surface area contributed by atoms with Crippen molar-refractivity contribution < 1.29 is 4.74 Å². The zero-order valence-electron chi connectivity index (χ0n) is 23.7. The molecule has 44 heavy (non-hydrogen) atoms. The first-order chi connectivity index (χ1) is 21.6. The van der Waals surface area contributed by atoms with Crippen LogP contribution < -0.4 is 19.6 Å². The lowest BCUT2D eigenvalue weighted by Gasteiger charge is -2.30. The summed E-state index contributed by atoms with van der Waals surface area (Å²) in [5.41, 5.74) is 7.55. The van der Waals surface area contributed by atoms with Crippen LogP contribution in [-0.4, -0.2) is 4.57 Å². The Morgan fingerprint density at radius 2 is 1.64 bits per heavy atom. The van der Waals surface area contributed by atoms with E-state index in [2.05, 4.69) is 54.6 Å². The second-order valence-electron chi connectivity index (χ2n) is 11.1. The maximum absolute atomic E-state index is 14.2. The second-order valence-corrected chi connectivity index (χ2v) is 12.6. The fraction of sp³-hybridized carbons (Fsp3) is 0.105. The summed E-state index contributed by atoms with van der Waals surface area (Å²) in [7, 11) is 0. The first-order valence-corrected chi connectivity index (χ1v) is 15.9. The molecule has 0 N–H and O–H groups in total. The summed E-state index contributed by atoms with van der Waals surface area (Å²) in [6.07, 6.45) is 3.70. The van der Waals surface area contributed by atoms with Crippen LogP contribution in [0.5, 0.6) is 5.75 Å². The Labute approximate surface area is 263 Å². The van der Waals surface area contributed by atoms with Gasteiger partial charge >= 0.3 is 0 Å². The molecule has 6 heteroatoms. The minimum atomic E-state index is -0.244. The largest absolute Gasteiger partial charge is 0.488 e. The standard InChI is InChI=1S/C38H27ClN2O2S/c39-29-19-16-26(17-20-29)36-32-21-18-25-9-2-5-14-31(25)35(32)40-38-41(36)37(42)34(44-38)22-27-10-3-6-15-33(27)43-23-28-12-7-11-24-8-1-4-13-30(24)28/h1-17,19-20,22,36H,18,21,23H2/b34-22-/t36-/m1/s1. The Morgan fingerprint density at radius 3 is 2.55 bits per heavy atom. The van der Waals surface area contributed by atoms with E-state index in [0.29, 0.717) is 21.0 Å². The second kappa shape index (κ2) is 11.1. The van der Waals surface area contributed by atoms with Crippen molar-refractivity contribution in [3.05, 3.63) is 173 Å². The third kappa shape index (κ3) is 4.69. The van der Waals surface area contributed by atoms with Crippen LogP contribution in [0.25, 0.3) is 22.5 Å². The molecular formula is C38H27ClN2O2S. The Morgan fingerprint density at radius 1 is 0.864 bits per heavy atom. The number of allylic oxidation sites excluding steroid dienone is 1. The van der Waals surface area contributed by atoms with Crippen molar-refractivity contribution in [3.8, 4) is 5.75 Å². The maximum atomic E-state index is 14.2. The first kappa shape index (κ1) is 26.9. The average molecular weight is 611 g/mol. The SMILES string of the molecule is O=c1/c(=C/c2ccccc2OCc2cccc3ccccc23)sc2n1[C@H](c1ccc(Cl)cc1)C1=C(N=2)c2ccccc2CC1. The van der Waals surface area contributed by atoms with Gasteiger partial charge in [-0.15, -0.1) is 0 Å². The predicted octanol–water partition coefficient (Wildman–Crippen LogP) is 7.70. The van der Waals surface area contributed by atoms with E-state index in [1.165, 1.54) is 33.2 Å². The maximum Gasteiger partial charge on any atom is 0.271 e. The molecule has 5 aromatic carbocycles. The minimum absolute atomic E-state index is 0.0528. The van der Waals surface area contributed by atoms with Gasteiger partial charge in [-0.1, -0.05) is 120 Å². The van der Waals surface area contributed by atoms with Gasteiger partial charge in [-0.3, -0.25) is 9.36 Å². The molecule has 0 saturated heterocycles. The van der Waals surface area contributed by atoms with E-state index < -0.39 is 0 Å². The number of aryl methyl sites for hydroxylation is 1. The van der Waals surface area contributed by atoms with Gasteiger partial charge in [-0.05, 0) is 70.2 Å². The van der Waals surface area contributed by atoms with Crippen molar-refractivity contribution in [3.63, 3.8) is 0 Å². The molecule has 6 aromatic rings. The van der Waals surface area contributed by atoms with E-state index in [9.17, 15) is 4.79 Å². The molecule has 214 valence electrons. The number of thiazole rings is 1. The summed E-state index contributed by atoms with van der Waals surface area (Å²) in [4.78, 5) is 20.1. The number of para-hydroxylation sites is 1. The molecule has 4 nitrogen and oxygen atoms in total. The Balaban J connectivity index is 1.23. The highest BCUT2D eigenvalue weighted by Gasteiger charge is 2.32. The van der Waals surface area contributed by atoms with Gasteiger partial charge in [0.05, 0.1) is 16.3 Å². The molecule has 0 unspecified atom stereocenters. The summed E-state index contributed by atoms with van der Waals surface area (Å²) in [6.45, 7) is 0.427. The van der Waals surface area contributed by atoms with Crippen LogP contribution in [0.4, 0.5) is 0 Å². The molecule has 1 aliphatic carbocycles.